The fourth-order valence-electron chi connectivity index (χ4n) is 3.12. The number of alkyl halides is 2. The van der Waals surface area contributed by atoms with Crippen LogP contribution in [0.15, 0.2) is 46.8 Å². The van der Waals surface area contributed by atoms with Crippen molar-refractivity contribution in [3.63, 3.8) is 0 Å². The summed E-state index contributed by atoms with van der Waals surface area (Å²) in [4.78, 5) is 19.7. The minimum Gasteiger partial charge on any atom is -0.369 e. The second kappa shape index (κ2) is 5.91. The van der Waals surface area contributed by atoms with E-state index >= 15 is 0 Å². The first-order chi connectivity index (χ1) is 11.6. The van der Waals surface area contributed by atoms with Crippen molar-refractivity contribution in [2.24, 2.45) is 10.7 Å². The van der Waals surface area contributed by atoms with E-state index in [1.54, 1.807) is 19.2 Å². The van der Waals surface area contributed by atoms with E-state index in [9.17, 15) is 13.6 Å². The van der Waals surface area contributed by atoms with E-state index in [0.717, 1.165) is 11.8 Å². The topological polar surface area (TPSA) is 58.7 Å². The van der Waals surface area contributed by atoms with E-state index < -0.39 is 17.4 Å². The average molecular weight is 363 g/mol. The van der Waals surface area contributed by atoms with Gasteiger partial charge in [-0.25, -0.2) is 13.8 Å². The zero-order chi connectivity index (χ0) is 18.4. The molecule has 0 saturated carbocycles. The Labute approximate surface area is 149 Å². The fraction of sp³-hybridized carbons (Fsp3) is 0.333. The van der Waals surface area contributed by atoms with Crippen molar-refractivity contribution in [1.82, 2.24) is 4.90 Å². The van der Waals surface area contributed by atoms with Gasteiger partial charge in [0.05, 0.1) is 5.92 Å². The summed E-state index contributed by atoms with van der Waals surface area (Å²) in [5, 5.41) is 1.91. The van der Waals surface area contributed by atoms with Gasteiger partial charge >= 0.3 is 0 Å². The third-order valence-electron chi connectivity index (χ3n) is 4.60. The molecule has 2 atom stereocenters. The summed E-state index contributed by atoms with van der Waals surface area (Å²) >= 11 is 1.49. The second-order valence-corrected chi connectivity index (χ2v) is 7.38. The van der Waals surface area contributed by atoms with Gasteiger partial charge in [-0.2, -0.15) is 0 Å². The van der Waals surface area contributed by atoms with Crippen molar-refractivity contribution >= 4 is 23.2 Å². The molecule has 1 aromatic carbocycles. The molecule has 2 N–H and O–H groups in total. The number of nitrogens with two attached hydrogens (primary N) is 1. The third-order valence-corrected chi connectivity index (χ3v) is 5.70. The minimum absolute atomic E-state index is 0.0892. The van der Waals surface area contributed by atoms with Crippen LogP contribution >= 0.6 is 11.3 Å². The number of rotatable bonds is 3. The summed E-state index contributed by atoms with van der Waals surface area (Å²) in [5.41, 5.74) is 5.60. The molecule has 0 unspecified atom stereocenters. The summed E-state index contributed by atoms with van der Waals surface area (Å²) in [6.07, 6.45) is 0. The molecule has 0 aliphatic carbocycles. The predicted octanol–water partition coefficient (Wildman–Crippen LogP) is 3.65. The number of carbonyl (C=O) groups excluding carboxylic acids is 1. The van der Waals surface area contributed by atoms with Gasteiger partial charge in [0.15, 0.2) is 5.96 Å². The molecule has 3 rings (SSSR count). The number of guanidine groups is 1. The Balaban J connectivity index is 2.12. The van der Waals surface area contributed by atoms with E-state index in [-0.39, 0.29) is 17.4 Å². The molecule has 25 heavy (non-hydrogen) atoms. The normalized spacial score (nSPS) is 24.4. The smallest absolute Gasteiger partial charge is 0.270 e. The molecule has 0 radical (unpaired) electrons. The Kier molecular flexibility index (Phi) is 4.15. The number of aliphatic imine (C=N–C) groups is 1. The van der Waals surface area contributed by atoms with Crippen LogP contribution in [0.4, 0.5) is 8.78 Å². The molecule has 0 saturated heterocycles. The van der Waals surface area contributed by atoms with Gasteiger partial charge < -0.3 is 5.73 Å². The van der Waals surface area contributed by atoms with Crippen molar-refractivity contribution in [3.05, 3.63) is 57.8 Å². The van der Waals surface area contributed by atoms with Crippen molar-refractivity contribution in [3.8, 4) is 0 Å². The number of nitrogens with zero attached hydrogens (tertiary/aromatic N) is 2. The van der Waals surface area contributed by atoms with Gasteiger partial charge in [-0.15, -0.1) is 11.3 Å². The summed E-state index contributed by atoms with van der Waals surface area (Å²) < 4.78 is 27.0. The van der Waals surface area contributed by atoms with Crippen LogP contribution in [0.25, 0.3) is 0 Å². The zero-order valence-electron chi connectivity index (χ0n) is 14.2. The molecule has 0 bridgehead atoms. The highest BCUT2D eigenvalue weighted by Crippen LogP contribution is 2.45. The first kappa shape index (κ1) is 17.5. The minimum atomic E-state index is -2.93. The molecule has 132 valence electrons. The van der Waals surface area contributed by atoms with Gasteiger partial charge in [-0.1, -0.05) is 30.3 Å². The van der Waals surface area contributed by atoms with Gasteiger partial charge in [0.1, 0.15) is 5.54 Å². The Morgan fingerprint density at radius 1 is 1.28 bits per heavy atom. The van der Waals surface area contributed by atoms with E-state index in [2.05, 4.69) is 4.99 Å². The lowest BCUT2D eigenvalue weighted by Gasteiger charge is -2.40. The Morgan fingerprint density at radius 2 is 1.92 bits per heavy atom. The van der Waals surface area contributed by atoms with Crippen LogP contribution in [0.2, 0.25) is 0 Å². The SMILES string of the molecule is CN1C(=O)[C@@H](c2ccc(C(C)(F)F)cc2)[C@@](C)(c2cccs2)N=C1N. The van der Waals surface area contributed by atoms with E-state index in [1.165, 1.54) is 28.4 Å². The number of hydrogen-bond acceptors (Lipinski definition) is 4. The molecule has 4 nitrogen and oxygen atoms in total. The molecule has 1 aromatic heterocycles. The van der Waals surface area contributed by atoms with Crippen LogP contribution in [0, 0.1) is 0 Å². The molecular formula is C18H19F2N3OS. The molecule has 2 aromatic rings. The Morgan fingerprint density at radius 3 is 2.44 bits per heavy atom. The fourth-order valence-corrected chi connectivity index (χ4v) is 3.99. The standard InChI is InChI=1S/C18H19F2N3OS/c1-17(13-5-4-10-25-13)14(15(24)23(3)16(21)22-17)11-6-8-12(9-7-11)18(2,19)20/h4-10,14H,1-3H3,(H2,21,22)/t14-,17-/m1/s1. The van der Waals surface area contributed by atoms with E-state index in [0.29, 0.717) is 5.56 Å². The first-order valence-electron chi connectivity index (χ1n) is 7.79. The van der Waals surface area contributed by atoms with Crippen LogP contribution in [-0.4, -0.2) is 23.8 Å². The highest BCUT2D eigenvalue weighted by Gasteiger charge is 2.47. The molecular weight excluding hydrogens is 344 g/mol. The summed E-state index contributed by atoms with van der Waals surface area (Å²) in [7, 11) is 1.57. The maximum absolute atomic E-state index is 13.5. The maximum Gasteiger partial charge on any atom is 0.270 e. The highest BCUT2D eigenvalue weighted by atomic mass is 32.1. The van der Waals surface area contributed by atoms with Crippen molar-refractivity contribution in [2.45, 2.75) is 31.2 Å². The lowest BCUT2D eigenvalue weighted by Crippen LogP contribution is -2.52. The van der Waals surface area contributed by atoms with Gasteiger partial charge in [-0.05, 0) is 23.9 Å². The lowest BCUT2D eigenvalue weighted by molar-refractivity contribution is -0.130. The molecule has 2 heterocycles. The van der Waals surface area contributed by atoms with Crippen molar-refractivity contribution in [1.29, 1.82) is 0 Å². The lowest BCUT2D eigenvalue weighted by atomic mass is 9.77. The van der Waals surface area contributed by atoms with Gasteiger partial charge in [0.25, 0.3) is 5.92 Å². The number of benzene rings is 1. The molecule has 7 heteroatoms. The monoisotopic (exact) mass is 363 g/mol. The quantitative estimate of drug-likeness (QED) is 0.905. The summed E-state index contributed by atoms with van der Waals surface area (Å²) in [6.45, 7) is 2.70. The number of amides is 1. The molecule has 1 aliphatic rings. The highest BCUT2D eigenvalue weighted by molar-refractivity contribution is 7.10. The zero-order valence-corrected chi connectivity index (χ0v) is 15.0. The Hall–Kier alpha value is -2.28. The van der Waals surface area contributed by atoms with E-state index in [1.807, 2.05) is 24.4 Å². The van der Waals surface area contributed by atoms with Gasteiger partial charge in [0.2, 0.25) is 5.91 Å². The molecule has 0 fully saturated rings. The van der Waals surface area contributed by atoms with Gasteiger partial charge in [0, 0.05) is 24.4 Å². The average Bonchev–Trinajstić information content (AvgIpc) is 3.08. The Bertz CT molecular complexity index is 812. The van der Waals surface area contributed by atoms with Crippen LogP contribution in [0.5, 0.6) is 0 Å². The first-order valence-corrected chi connectivity index (χ1v) is 8.67. The third kappa shape index (κ3) is 2.93. The largest absolute Gasteiger partial charge is 0.369 e. The van der Waals surface area contributed by atoms with Crippen LogP contribution in [0.1, 0.15) is 35.8 Å². The van der Waals surface area contributed by atoms with Crippen molar-refractivity contribution in [2.75, 3.05) is 7.05 Å². The van der Waals surface area contributed by atoms with Crippen LogP contribution in [-0.2, 0) is 16.3 Å². The summed E-state index contributed by atoms with van der Waals surface area (Å²) in [5.74, 6) is -3.62. The van der Waals surface area contributed by atoms with Gasteiger partial charge in [-0.3, -0.25) is 9.69 Å². The number of halogens is 2. The number of likely N-dealkylation sites (N-methyl/N-ethyl adjacent to an activating group) is 1. The number of hydrogen-bond donors (Lipinski definition) is 1. The maximum atomic E-state index is 13.5. The predicted molar refractivity (Wildman–Crippen MR) is 94.8 cm³/mol. The second-order valence-electron chi connectivity index (χ2n) is 6.44. The number of thiophene rings is 1. The van der Waals surface area contributed by atoms with Crippen LogP contribution in [0.3, 0.4) is 0 Å². The number of carbonyl (C=O) groups is 1. The molecule has 1 amide bonds. The van der Waals surface area contributed by atoms with E-state index in [4.69, 9.17) is 5.73 Å². The summed E-state index contributed by atoms with van der Waals surface area (Å²) in [6, 6.07) is 9.66. The molecule has 1 aliphatic heterocycles. The van der Waals surface area contributed by atoms with Crippen molar-refractivity contribution < 1.29 is 13.6 Å². The molecule has 0 spiro atoms. The van der Waals surface area contributed by atoms with Crippen LogP contribution < -0.4 is 5.73 Å².